The van der Waals surface area contributed by atoms with E-state index in [2.05, 4.69) is 4.99 Å². The van der Waals surface area contributed by atoms with Crippen molar-refractivity contribution in [3.05, 3.63) is 59.2 Å². The van der Waals surface area contributed by atoms with Gasteiger partial charge in [-0.1, -0.05) is 0 Å². The van der Waals surface area contributed by atoms with Crippen molar-refractivity contribution < 1.29 is 24.2 Å². The lowest BCUT2D eigenvalue weighted by Crippen LogP contribution is -2.18. The first-order valence-corrected chi connectivity index (χ1v) is 8.15. The van der Waals surface area contributed by atoms with Gasteiger partial charge in [-0.3, -0.25) is 4.99 Å². The number of aryl methyl sites for hydroxylation is 1. The number of aromatic carboxylic acids is 1. The number of benzene rings is 2. The number of rotatable bonds is 7. The van der Waals surface area contributed by atoms with Crippen LogP contribution in [0.5, 0.6) is 5.75 Å². The molecule has 0 amide bonds. The predicted octanol–water partition coefficient (Wildman–Crippen LogP) is 3.77. The molecule has 26 heavy (non-hydrogen) atoms. The molecule has 0 atom stereocenters. The van der Waals surface area contributed by atoms with E-state index < -0.39 is 11.9 Å². The molecule has 2 aromatic carbocycles. The van der Waals surface area contributed by atoms with Gasteiger partial charge in [0.1, 0.15) is 5.75 Å². The number of aliphatic imine (C=N–C) groups is 1. The fourth-order valence-corrected chi connectivity index (χ4v) is 2.17. The van der Waals surface area contributed by atoms with Crippen LogP contribution in [0.4, 0.5) is 5.69 Å². The molecule has 2 rings (SSSR count). The van der Waals surface area contributed by atoms with Crippen molar-refractivity contribution in [3.8, 4) is 5.75 Å². The average molecular weight is 355 g/mol. The van der Waals surface area contributed by atoms with E-state index in [-0.39, 0.29) is 18.3 Å². The molecule has 0 aromatic heterocycles. The number of hydrogen-bond acceptors (Lipinski definition) is 5. The first-order valence-electron chi connectivity index (χ1n) is 8.15. The Morgan fingerprint density at radius 3 is 2.42 bits per heavy atom. The van der Waals surface area contributed by atoms with Crippen LogP contribution in [-0.2, 0) is 9.53 Å². The normalized spacial score (nSPS) is 10.9. The zero-order valence-corrected chi connectivity index (χ0v) is 14.9. The molecular formula is C20H21NO5. The molecule has 0 bridgehead atoms. The van der Waals surface area contributed by atoms with Gasteiger partial charge in [-0.15, -0.1) is 0 Å². The van der Waals surface area contributed by atoms with Crippen LogP contribution in [0.1, 0.15) is 35.3 Å². The van der Waals surface area contributed by atoms with E-state index >= 15 is 0 Å². The van der Waals surface area contributed by atoms with Gasteiger partial charge in [0.05, 0.1) is 17.4 Å². The number of carbonyl (C=O) groups excluding carboxylic acids is 1. The van der Waals surface area contributed by atoms with Gasteiger partial charge < -0.3 is 14.6 Å². The Morgan fingerprint density at radius 1 is 1.15 bits per heavy atom. The molecule has 6 heteroatoms. The minimum atomic E-state index is -0.962. The molecule has 0 unspecified atom stereocenters. The number of esters is 1. The Hall–Kier alpha value is -3.15. The monoisotopic (exact) mass is 355 g/mol. The first-order chi connectivity index (χ1) is 12.3. The van der Waals surface area contributed by atoms with Crippen LogP contribution in [0.2, 0.25) is 0 Å². The van der Waals surface area contributed by atoms with Crippen LogP contribution in [0.25, 0.3) is 0 Å². The molecule has 136 valence electrons. The van der Waals surface area contributed by atoms with Crippen molar-refractivity contribution in [1.82, 2.24) is 0 Å². The zero-order chi connectivity index (χ0) is 19.1. The van der Waals surface area contributed by atoms with Gasteiger partial charge in [0.2, 0.25) is 0 Å². The quantitative estimate of drug-likeness (QED) is 0.603. The summed E-state index contributed by atoms with van der Waals surface area (Å²) in [5.41, 5.74) is 2.57. The minimum absolute atomic E-state index is 0.138. The predicted molar refractivity (Wildman–Crippen MR) is 98.6 cm³/mol. The largest absolute Gasteiger partial charge is 0.482 e. The van der Waals surface area contributed by atoms with E-state index in [1.165, 1.54) is 6.07 Å². The summed E-state index contributed by atoms with van der Waals surface area (Å²) in [4.78, 5) is 26.8. The van der Waals surface area contributed by atoms with E-state index in [1.54, 1.807) is 44.3 Å². The molecular weight excluding hydrogens is 334 g/mol. The number of carboxylic acids is 1. The van der Waals surface area contributed by atoms with Crippen molar-refractivity contribution in [1.29, 1.82) is 0 Å². The first kappa shape index (κ1) is 19.2. The van der Waals surface area contributed by atoms with Crippen LogP contribution in [0, 0.1) is 6.92 Å². The highest BCUT2D eigenvalue weighted by Gasteiger charge is 2.07. The highest BCUT2D eigenvalue weighted by Crippen LogP contribution is 2.20. The lowest BCUT2D eigenvalue weighted by molar-refractivity contribution is -0.149. The topological polar surface area (TPSA) is 85.2 Å². The third-order valence-electron chi connectivity index (χ3n) is 3.40. The summed E-state index contributed by atoms with van der Waals surface area (Å²) in [5, 5.41) is 8.98. The van der Waals surface area contributed by atoms with Crippen molar-refractivity contribution in [2.75, 3.05) is 6.61 Å². The van der Waals surface area contributed by atoms with E-state index in [1.807, 2.05) is 19.1 Å². The molecule has 1 N–H and O–H groups in total. The van der Waals surface area contributed by atoms with Gasteiger partial charge in [0.25, 0.3) is 0 Å². The average Bonchev–Trinajstić information content (AvgIpc) is 2.59. The SMILES string of the molecule is Cc1cc(C(=O)O)ccc1N=Cc1ccc(OCC(=O)OC(C)C)cc1. The molecule has 0 aliphatic carbocycles. The van der Waals surface area contributed by atoms with Crippen LogP contribution in [0.3, 0.4) is 0 Å². The summed E-state index contributed by atoms with van der Waals surface area (Å²) in [7, 11) is 0. The molecule has 0 fully saturated rings. The van der Waals surface area contributed by atoms with Crippen LogP contribution >= 0.6 is 0 Å². The molecule has 0 heterocycles. The summed E-state index contributed by atoms with van der Waals surface area (Å²) < 4.78 is 10.4. The third kappa shape index (κ3) is 5.73. The molecule has 0 saturated carbocycles. The van der Waals surface area contributed by atoms with E-state index in [0.29, 0.717) is 11.4 Å². The van der Waals surface area contributed by atoms with Crippen molar-refractivity contribution in [3.63, 3.8) is 0 Å². The summed E-state index contributed by atoms with van der Waals surface area (Å²) in [6, 6.07) is 11.9. The Morgan fingerprint density at radius 2 is 1.85 bits per heavy atom. The number of ether oxygens (including phenoxy) is 2. The van der Waals surface area contributed by atoms with E-state index in [4.69, 9.17) is 14.6 Å². The Balaban J connectivity index is 1.97. The van der Waals surface area contributed by atoms with Gasteiger partial charge in [-0.2, -0.15) is 0 Å². The number of carboxylic acid groups (broad SMARTS) is 1. The van der Waals surface area contributed by atoms with E-state index in [0.717, 1.165) is 11.1 Å². The maximum Gasteiger partial charge on any atom is 0.344 e. The highest BCUT2D eigenvalue weighted by molar-refractivity contribution is 5.89. The second-order valence-corrected chi connectivity index (χ2v) is 5.96. The molecule has 0 saturated heterocycles. The maximum absolute atomic E-state index is 11.4. The molecule has 0 aliphatic heterocycles. The maximum atomic E-state index is 11.4. The van der Waals surface area contributed by atoms with Gasteiger partial charge in [0.15, 0.2) is 6.61 Å². The van der Waals surface area contributed by atoms with E-state index in [9.17, 15) is 9.59 Å². The van der Waals surface area contributed by atoms with Gasteiger partial charge in [0, 0.05) is 6.21 Å². The third-order valence-corrected chi connectivity index (χ3v) is 3.40. The molecule has 2 aromatic rings. The lowest BCUT2D eigenvalue weighted by Gasteiger charge is -2.09. The standard InChI is InChI=1S/C20H21NO5/c1-13(2)26-19(22)12-25-17-7-4-15(5-8-17)11-21-18-9-6-16(20(23)24)10-14(18)3/h4-11,13H,12H2,1-3H3,(H,23,24). The van der Waals surface area contributed by atoms with Crippen molar-refractivity contribution in [2.24, 2.45) is 4.99 Å². The molecule has 0 radical (unpaired) electrons. The summed E-state index contributed by atoms with van der Waals surface area (Å²) >= 11 is 0. The van der Waals surface area contributed by atoms with Crippen LogP contribution in [0.15, 0.2) is 47.5 Å². The van der Waals surface area contributed by atoms with Gasteiger partial charge in [-0.05, 0) is 74.4 Å². The Labute approximate surface area is 152 Å². The summed E-state index contributed by atoms with van der Waals surface area (Å²) in [6.45, 7) is 5.24. The minimum Gasteiger partial charge on any atom is -0.482 e. The fourth-order valence-electron chi connectivity index (χ4n) is 2.17. The Kier molecular flexibility index (Phi) is 6.49. The summed E-state index contributed by atoms with van der Waals surface area (Å²) in [5.74, 6) is -0.813. The smallest absolute Gasteiger partial charge is 0.344 e. The molecule has 6 nitrogen and oxygen atoms in total. The lowest BCUT2D eigenvalue weighted by atomic mass is 10.1. The second-order valence-electron chi connectivity index (χ2n) is 5.96. The van der Waals surface area contributed by atoms with Crippen molar-refractivity contribution in [2.45, 2.75) is 26.9 Å². The van der Waals surface area contributed by atoms with Gasteiger partial charge >= 0.3 is 11.9 Å². The highest BCUT2D eigenvalue weighted by atomic mass is 16.6. The number of carbonyl (C=O) groups is 2. The number of hydrogen-bond donors (Lipinski definition) is 1. The van der Waals surface area contributed by atoms with Crippen molar-refractivity contribution >= 4 is 23.8 Å². The molecule has 0 aliphatic rings. The number of nitrogens with zero attached hydrogens (tertiary/aromatic N) is 1. The zero-order valence-electron chi connectivity index (χ0n) is 14.9. The molecule has 0 spiro atoms. The van der Waals surface area contributed by atoms with Gasteiger partial charge in [-0.25, -0.2) is 9.59 Å². The summed E-state index contributed by atoms with van der Waals surface area (Å²) in [6.07, 6.45) is 1.51. The van der Waals surface area contributed by atoms with Crippen LogP contribution < -0.4 is 4.74 Å². The Bertz CT molecular complexity index is 809. The second kappa shape index (κ2) is 8.80. The van der Waals surface area contributed by atoms with Crippen LogP contribution in [-0.4, -0.2) is 36.0 Å². The fraction of sp³-hybridized carbons (Fsp3) is 0.250.